The highest BCUT2D eigenvalue weighted by Gasteiger charge is 2.00. The summed E-state index contributed by atoms with van der Waals surface area (Å²) in [5.41, 5.74) is 3.31. The van der Waals surface area contributed by atoms with Gasteiger partial charge in [-0.1, -0.05) is 28.1 Å². The molecule has 0 atom stereocenters. The standard InChI is InChI=1S/C11H10BrN5O/c12-10-3-1-2-9(4-10)5-14-16-11(18)6-17-8-13-7-15-17/h1-5,7-8H,6H2,(H,16,18)/b14-5+. The van der Waals surface area contributed by atoms with Crippen molar-refractivity contribution in [1.82, 2.24) is 20.2 Å². The predicted octanol–water partition coefficient (Wildman–Crippen LogP) is 1.19. The predicted molar refractivity (Wildman–Crippen MR) is 69.9 cm³/mol. The topological polar surface area (TPSA) is 72.2 Å². The Labute approximate surface area is 112 Å². The van der Waals surface area contributed by atoms with Gasteiger partial charge in [-0.25, -0.2) is 15.1 Å². The molecule has 0 aliphatic carbocycles. The van der Waals surface area contributed by atoms with Crippen LogP contribution in [0, 0.1) is 0 Å². The van der Waals surface area contributed by atoms with Crippen molar-refractivity contribution in [2.24, 2.45) is 5.10 Å². The minimum absolute atomic E-state index is 0.0931. The summed E-state index contributed by atoms with van der Waals surface area (Å²) in [7, 11) is 0. The van der Waals surface area contributed by atoms with Crippen LogP contribution in [0.25, 0.3) is 0 Å². The van der Waals surface area contributed by atoms with Gasteiger partial charge in [-0.2, -0.15) is 10.2 Å². The zero-order valence-electron chi connectivity index (χ0n) is 9.32. The molecule has 2 aromatic rings. The minimum atomic E-state index is -0.258. The zero-order chi connectivity index (χ0) is 12.8. The average Bonchev–Trinajstić information content (AvgIpc) is 2.82. The maximum atomic E-state index is 11.4. The summed E-state index contributed by atoms with van der Waals surface area (Å²) in [6.45, 7) is 0.0931. The van der Waals surface area contributed by atoms with E-state index in [4.69, 9.17) is 0 Å². The Morgan fingerprint density at radius 2 is 2.44 bits per heavy atom. The highest BCUT2D eigenvalue weighted by atomic mass is 79.9. The van der Waals surface area contributed by atoms with Crippen molar-refractivity contribution in [1.29, 1.82) is 0 Å². The van der Waals surface area contributed by atoms with E-state index in [1.54, 1.807) is 6.21 Å². The first-order valence-corrected chi connectivity index (χ1v) is 5.93. The van der Waals surface area contributed by atoms with E-state index < -0.39 is 0 Å². The first kappa shape index (κ1) is 12.4. The third-order valence-electron chi connectivity index (χ3n) is 2.02. The van der Waals surface area contributed by atoms with Crippen molar-refractivity contribution in [3.05, 3.63) is 47.0 Å². The lowest BCUT2D eigenvalue weighted by atomic mass is 10.2. The molecule has 0 bridgehead atoms. The lowest BCUT2D eigenvalue weighted by Crippen LogP contribution is -2.23. The lowest BCUT2D eigenvalue weighted by molar-refractivity contribution is -0.121. The Morgan fingerprint density at radius 1 is 1.56 bits per heavy atom. The monoisotopic (exact) mass is 307 g/mol. The largest absolute Gasteiger partial charge is 0.271 e. The molecule has 1 aromatic heterocycles. The Hall–Kier alpha value is -2.02. The van der Waals surface area contributed by atoms with Gasteiger partial charge >= 0.3 is 0 Å². The van der Waals surface area contributed by atoms with Gasteiger partial charge in [-0.15, -0.1) is 0 Å². The first-order valence-electron chi connectivity index (χ1n) is 5.14. The van der Waals surface area contributed by atoms with E-state index in [2.05, 4.69) is 36.5 Å². The second-order valence-corrected chi connectivity index (χ2v) is 4.36. The number of aromatic nitrogens is 3. The lowest BCUT2D eigenvalue weighted by Gasteiger charge is -1.99. The van der Waals surface area contributed by atoms with Crippen molar-refractivity contribution in [3.63, 3.8) is 0 Å². The van der Waals surface area contributed by atoms with Crippen molar-refractivity contribution in [2.45, 2.75) is 6.54 Å². The summed E-state index contributed by atoms with van der Waals surface area (Å²) in [5, 5.41) is 7.68. The van der Waals surface area contributed by atoms with Gasteiger partial charge in [0, 0.05) is 4.47 Å². The molecule has 0 aliphatic heterocycles. The van der Waals surface area contributed by atoms with E-state index in [0.29, 0.717) is 0 Å². The van der Waals surface area contributed by atoms with Crippen LogP contribution in [0.1, 0.15) is 5.56 Å². The van der Waals surface area contributed by atoms with Gasteiger partial charge < -0.3 is 0 Å². The number of halogens is 1. The van der Waals surface area contributed by atoms with Crippen molar-refractivity contribution < 1.29 is 4.79 Å². The summed E-state index contributed by atoms with van der Waals surface area (Å²) >= 11 is 3.36. The molecule has 0 spiro atoms. The van der Waals surface area contributed by atoms with Crippen LogP contribution >= 0.6 is 15.9 Å². The maximum Gasteiger partial charge on any atom is 0.261 e. The highest BCUT2D eigenvalue weighted by molar-refractivity contribution is 9.10. The molecule has 1 N–H and O–H groups in total. The number of hydrogen-bond acceptors (Lipinski definition) is 4. The number of hydrazone groups is 1. The molecule has 7 heteroatoms. The molecule has 6 nitrogen and oxygen atoms in total. The number of rotatable bonds is 4. The molecule has 0 saturated heterocycles. The molecule has 1 amide bonds. The number of benzene rings is 1. The van der Waals surface area contributed by atoms with Gasteiger partial charge in [0.15, 0.2) is 0 Å². The van der Waals surface area contributed by atoms with Crippen molar-refractivity contribution in [3.8, 4) is 0 Å². The van der Waals surface area contributed by atoms with Crippen LogP contribution in [0.4, 0.5) is 0 Å². The van der Waals surface area contributed by atoms with E-state index in [1.165, 1.54) is 17.3 Å². The molecule has 2 rings (SSSR count). The molecule has 18 heavy (non-hydrogen) atoms. The van der Waals surface area contributed by atoms with Gasteiger partial charge in [0.2, 0.25) is 0 Å². The summed E-state index contributed by atoms with van der Waals surface area (Å²) in [4.78, 5) is 15.2. The van der Waals surface area contributed by atoms with E-state index in [9.17, 15) is 4.79 Å². The van der Waals surface area contributed by atoms with E-state index >= 15 is 0 Å². The third kappa shape index (κ3) is 3.77. The van der Waals surface area contributed by atoms with Crippen LogP contribution in [0.3, 0.4) is 0 Å². The highest BCUT2D eigenvalue weighted by Crippen LogP contribution is 2.09. The fourth-order valence-corrected chi connectivity index (χ4v) is 1.68. The number of amides is 1. The van der Waals surface area contributed by atoms with Crippen LogP contribution < -0.4 is 5.43 Å². The fraction of sp³-hybridized carbons (Fsp3) is 0.0909. The van der Waals surface area contributed by atoms with Gasteiger partial charge in [0.05, 0.1) is 6.21 Å². The molecule has 1 aromatic carbocycles. The number of nitrogens with zero attached hydrogens (tertiary/aromatic N) is 4. The number of hydrogen-bond donors (Lipinski definition) is 1. The number of nitrogens with one attached hydrogen (secondary N) is 1. The first-order chi connectivity index (χ1) is 8.74. The molecule has 0 radical (unpaired) electrons. The summed E-state index contributed by atoms with van der Waals surface area (Å²) in [6, 6.07) is 7.59. The quantitative estimate of drug-likeness (QED) is 0.681. The summed E-state index contributed by atoms with van der Waals surface area (Å²) < 4.78 is 2.38. The minimum Gasteiger partial charge on any atom is -0.271 e. The van der Waals surface area contributed by atoms with Gasteiger partial charge in [-0.3, -0.25) is 4.79 Å². The van der Waals surface area contributed by atoms with Crippen LogP contribution in [0.2, 0.25) is 0 Å². The molecule has 92 valence electrons. The van der Waals surface area contributed by atoms with E-state index in [0.717, 1.165) is 10.0 Å². The van der Waals surface area contributed by atoms with E-state index in [1.807, 2.05) is 24.3 Å². The van der Waals surface area contributed by atoms with Crippen molar-refractivity contribution in [2.75, 3.05) is 0 Å². The van der Waals surface area contributed by atoms with Crippen LogP contribution in [-0.4, -0.2) is 26.9 Å². The maximum absolute atomic E-state index is 11.4. The average molecular weight is 308 g/mol. The molecular weight excluding hydrogens is 298 g/mol. The van der Waals surface area contributed by atoms with E-state index in [-0.39, 0.29) is 12.5 Å². The van der Waals surface area contributed by atoms with Crippen LogP contribution in [0.5, 0.6) is 0 Å². The molecule has 0 aliphatic rings. The number of carbonyl (C=O) groups excluding carboxylic acids is 1. The second kappa shape index (κ2) is 6.06. The normalized spacial score (nSPS) is 10.7. The summed E-state index contributed by atoms with van der Waals surface area (Å²) in [6.07, 6.45) is 4.42. The molecule has 1 heterocycles. The van der Waals surface area contributed by atoms with Crippen molar-refractivity contribution >= 4 is 28.1 Å². The summed E-state index contributed by atoms with van der Waals surface area (Å²) in [5.74, 6) is -0.258. The Morgan fingerprint density at radius 3 is 3.17 bits per heavy atom. The SMILES string of the molecule is O=C(Cn1cncn1)N/N=C/c1cccc(Br)c1. The van der Waals surface area contributed by atoms with Gasteiger partial charge in [0.1, 0.15) is 19.2 Å². The molecule has 0 fully saturated rings. The number of carbonyl (C=O) groups is 1. The Balaban J connectivity index is 1.86. The van der Waals surface area contributed by atoms with Gasteiger partial charge in [-0.05, 0) is 17.7 Å². The van der Waals surface area contributed by atoms with Gasteiger partial charge in [0.25, 0.3) is 5.91 Å². The zero-order valence-corrected chi connectivity index (χ0v) is 10.9. The molecule has 0 unspecified atom stereocenters. The Bertz CT molecular complexity index is 552. The second-order valence-electron chi connectivity index (χ2n) is 3.44. The molecule has 0 saturated carbocycles. The Kier molecular flexibility index (Phi) is 4.19. The fourth-order valence-electron chi connectivity index (χ4n) is 1.26. The third-order valence-corrected chi connectivity index (χ3v) is 2.52. The van der Waals surface area contributed by atoms with Crippen LogP contribution in [-0.2, 0) is 11.3 Å². The molecular formula is C11H10BrN5O. The van der Waals surface area contributed by atoms with Crippen LogP contribution in [0.15, 0.2) is 46.5 Å². The smallest absolute Gasteiger partial charge is 0.261 e.